The van der Waals surface area contributed by atoms with Gasteiger partial charge in [-0.2, -0.15) is 0 Å². The molecule has 1 N–H and O–H groups in total. The molecule has 0 saturated carbocycles. The normalized spacial score (nSPS) is 30.1. The zero-order valence-corrected chi connectivity index (χ0v) is 15.3. The molecule has 2 aliphatic heterocycles. The molecule has 4 nitrogen and oxygen atoms in total. The fourth-order valence-corrected chi connectivity index (χ4v) is 10.2. The molecule has 0 aromatic heterocycles. The number of hydrogen-bond acceptors (Lipinski definition) is 3. The Morgan fingerprint density at radius 3 is 2.10 bits per heavy atom. The van der Waals surface area contributed by atoms with Crippen LogP contribution in [0.15, 0.2) is 0 Å². The second kappa shape index (κ2) is 6.01. The summed E-state index contributed by atoms with van der Waals surface area (Å²) in [5.74, 6) is 0.107. The minimum atomic E-state index is -2.03. The van der Waals surface area contributed by atoms with Gasteiger partial charge in [-0.25, -0.2) is 0 Å². The molecule has 1 amide bonds. The molecular formula is C16H31NO3Si. The molecule has 0 bridgehead atoms. The molecule has 122 valence electrons. The van der Waals surface area contributed by atoms with Crippen molar-refractivity contribution in [1.82, 2.24) is 4.90 Å². The Morgan fingerprint density at radius 1 is 1.14 bits per heavy atom. The van der Waals surface area contributed by atoms with Crippen molar-refractivity contribution in [2.24, 2.45) is 0 Å². The highest BCUT2D eigenvalue weighted by atomic mass is 28.4. The van der Waals surface area contributed by atoms with E-state index in [0.29, 0.717) is 36.0 Å². The Morgan fingerprint density at radius 2 is 1.67 bits per heavy atom. The van der Waals surface area contributed by atoms with E-state index in [1.54, 1.807) is 0 Å². The van der Waals surface area contributed by atoms with E-state index >= 15 is 0 Å². The van der Waals surface area contributed by atoms with E-state index in [4.69, 9.17) is 4.43 Å². The Labute approximate surface area is 130 Å². The van der Waals surface area contributed by atoms with E-state index in [0.717, 1.165) is 0 Å². The summed E-state index contributed by atoms with van der Waals surface area (Å²) < 4.78 is 6.62. The predicted molar refractivity (Wildman–Crippen MR) is 86.7 cm³/mol. The highest BCUT2D eigenvalue weighted by Gasteiger charge is 2.53. The van der Waals surface area contributed by atoms with E-state index in [2.05, 4.69) is 41.5 Å². The lowest BCUT2D eigenvalue weighted by atomic mass is 10.1. The summed E-state index contributed by atoms with van der Waals surface area (Å²) in [7, 11) is -2.03. The lowest BCUT2D eigenvalue weighted by Gasteiger charge is -2.43. The van der Waals surface area contributed by atoms with Crippen molar-refractivity contribution >= 4 is 14.2 Å². The number of rotatable bonds is 5. The lowest BCUT2D eigenvalue weighted by Crippen LogP contribution is -2.51. The molecule has 3 atom stereocenters. The summed E-state index contributed by atoms with van der Waals surface area (Å²) in [5, 5.41) is 10.0. The largest absolute Gasteiger partial charge is 0.404 e. The van der Waals surface area contributed by atoms with Crippen LogP contribution in [0.25, 0.3) is 0 Å². The third-order valence-electron chi connectivity index (χ3n) is 5.58. The van der Waals surface area contributed by atoms with Crippen LogP contribution in [0.5, 0.6) is 0 Å². The number of carbonyl (C=O) groups is 1. The molecule has 0 radical (unpaired) electrons. The van der Waals surface area contributed by atoms with E-state index in [1.165, 1.54) is 0 Å². The second-order valence-electron chi connectivity index (χ2n) is 7.61. The Bertz CT molecular complexity index is 375. The first-order chi connectivity index (χ1) is 9.71. The second-order valence-corrected chi connectivity index (χ2v) is 13.0. The molecule has 5 heteroatoms. The molecule has 0 spiro atoms. The zero-order valence-electron chi connectivity index (χ0n) is 14.3. The van der Waals surface area contributed by atoms with Gasteiger partial charge in [-0.15, -0.1) is 0 Å². The van der Waals surface area contributed by atoms with E-state index in [-0.39, 0.29) is 24.2 Å². The molecule has 2 fully saturated rings. The SMILES string of the molecule is CC(C)[Si](O[C@@H]1C[C@H]2[C@H](O)CCN2C1=O)(C(C)C)C(C)C. The van der Waals surface area contributed by atoms with Crippen molar-refractivity contribution < 1.29 is 14.3 Å². The van der Waals surface area contributed by atoms with E-state index < -0.39 is 8.32 Å². The first-order valence-electron chi connectivity index (χ1n) is 8.38. The summed E-state index contributed by atoms with van der Waals surface area (Å²) in [5.41, 5.74) is 1.43. The lowest BCUT2D eigenvalue weighted by molar-refractivity contribution is -0.134. The van der Waals surface area contributed by atoms with Crippen LogP contribution in [-0.2, 0) is 9.22 Å². The van der Waals surface area contributed by atoms with Crippen molar-refractivity contribution in [3.05, 3.63) is 0 Å². The van der Waals surface area contributed by atoms with Gasteiger partial charge in [-0.05, 0) is 23.0 Å². The third kappa shape index (κ3) is 2.68. The molecule has 2 saturated heterocycles. The predicted octanol–water partition coefficient (Wildman–Crippen LogP) is 2.91. The van der Waals surface area contributed by atoms with Gasteiger partial charge >= 0.3 is 0 Å². The van der Waals surface area contributed by atoms with Gasteiger partial charge < -0.3 is 14.4 Å². The van der Waals surface area contributed by atoms with Crippen LogP contribution in [0.1, 0.15) is 54.4 Å². The molecule has 21 heavy (non-hydrogen) atoms. The number of fused-ring (bicyclic) bond motifs is 1. The van der Waals surface area contributed by atoms with Gasteiger partial charge in [-0.3, -0.25) is 4.79 Å². The van der Waals surface area contributed by atoms with Crippen LogP contribution in [0.4, 0.5) is 0 Å². The number of hydrogen-bond donors (Lipinski definition) is 1. The van der Waals surface area contributed by atoms with Gasteiger partial charge in [0.25, 0.3) is 5.91 Å². The Kier molecular flexibility index (Phi) is 4.86. The maximum atomic E-state index is 12.6. The summed E-state index contributed by atoms with van der Waals surface area (Å²) in [4.78, 5) is 14.4. The summed E-state index contributed by atoms with van der Waals surface area (Å²) in [6.45, 7) is 14.1. The summed E-state index contributed by atoms with van der Waals surface area (Å²) >= 11 is 0. The van der Waals surface area contributed by atoms with Crippen LogP contribution in [0.2, 0.25) is 16.6 Å². The average molecular weight is 314 g/mol. The first-order valence-corrected chi connectivity index (χ1v) is 10.5. The zero-order chi connectivity index (χ0) is 15.9. The van der Waals surface area contributed by atoms with Gasteiger partial charge in [0.1, 0.15) is 6.10 Å². The number of amides is 1. The van der Waals surface area contributed by atoms with Crippen LogP contribution < -0.4 is 0 Å². The van der Waals surface area contributed by atoms with Gasteiger partial charge in [0.2, 0.25) is 8.32 Å². The number of carbonyl (C=O) groups excluding carboxylic acids is 1. The highest BCUT2D eigenvalue weighted by molar-refractivity contribution is 6.77. The Hall–Kier alpha value is -0.393. The number of aliphatic hydroxyl groups is 1. The van der Waals surface area contributed by atoms with Gasteiger partial charge in [-0.1, -0.05) is 41.5 Å². The fourth-order valence-electron chi connectivity index (χ4n) is 4.65. The molecule has 0 unspecified atom stereocenters. The van der Waals surface area contributed by atoms with Gasteiger partial charge in [0, 0.05) is 13.0 Å². The molecule has 0 aromatic carbocycles. The van der Waals surface area contributed by atoms with Crippen LogP contribution in [0, 0.1) is 0 Å². The maximum Gasteiger partial charge on any atom is 0.250 e. The number of nitrogens with zero attached hydrogens (tertiary/aromatic N) is 1. The molecule has 2 heterocycles. The van der Waals surface area contributed by atoms with Crippen LogP contribution in [0.3, 0.4) is 0 Å². The average Bonchev–Trinajstić information content (AvgIpc) is 2.87. The van der Waals surface area contributed by atoms with Gasteiger partial charge in [0.15, 0.2) is 0 Å². The van der Waals surface area contributed by atoms with E-state index in [1.807, 2.05) is 4.90 Å². The van der Waals surface area contributed by atoms with Crippen LogP contribution in [-0.4, -0.2) is 49.0 Å². The van der Waals surface area contributed by atoms with Gasteiger partial charge in [0.05, 0.1) is 12.1 Å². The molecular weight excluding hydrogens is 282 g/mol. The highest BCUT2D eigenvalue weighted by Crippen LogP contribution is 2.45. The van der Waals surface area contributed by atoms with Crippen molar-refractivity contribution in [1.29, 1.82) is 0 Å². The minimum absolute atomic E-state index is 0.0133. The van der Waals surface area contributed by atoms with Crippen molar-refractivity contribution in [2.75, 3.05) is 6.54 Å². The molecule has 2 aliphatic rings. The molecule has 2 rings (SSSR count). The van der Waals surface area contributed by atoms with Crippen molar-refractivity contribution in [3.8, 4) is 0 Å². The van der Waals surface area contributed by atoms with E-state index in [9.17, 15) is 9.90 Å². The number of aliphatic hydroxyl groups excluding tert-OH is 1. The standard InChI is InChI=1S/C16H31NO3Si/c1-10(2)21(11(3)4,12(5)6)20-15-9-13-14(18)7-8-17(13)16(15)19/h10-15,18H,7-9H2,1-6H3/t13-,14+,15+/m0/s1. The molecule has 0 aromatic rings. The monoisotopic (exact) mass is 313 g/mol. The quantitative estimate of drug-likeness (QED) is 0.794. The van der Waals surface area contributed by atoms with Crippen molar-refractivity contribution in [2.45, 2.75) is 89.3 Å². The topological polar surface area (TPSA) is 49.8 Å². The summed E-state index contributed by atoms with van der Waals surface area (Å²) in [6.07, 6.45) is 0.685. The smallest absolute Gasteiger partial charge is 0.250 e. The van der Waals surface area contributed by atoms with Crippen LogP contribution >= 0.6 is 0 Å². The first kappa shape index (κ1) is 17.0. The third-order valence-corrected chi connectivity index (χ3v) is 11.7. The minimum Gasteiger partial charge on any atom is -0.404 e. The molecule has 0 aliphatic carbocycles. The fraction of sp³-hybridized carbons (Fsp3) is 0.938. The summed E-state index contributed by atoms with van der Waals surface area (Å²) in [6, 6.07) is -0.0133. The maximum absolute atomic E-state index is 12.6. The van der Waals surface area contributed by atoms with Crippen molar-refractivity contribution in [3.63, 3.8) is 0 Å². The Balaban J connectivity index is 2.20.